The fraction of sp³-hybridized carbons (Fsp3) is 0.600. The highest BCUT2D eigenvalue weighted by Gasteiger charge is 2.24. The summed E-state index contributed by atoms with van der Waals surface area (Å²) in [7, 11) is 0. The molecular formula is C15H20FN3O. The van der Waals surface area contributed by atoms with Crippen molar-refractivity contribution >= 4 is 5.52 Å². The molecule has 3 rings (SSSR count). The van der Waals surface area contributed by atoms with Gasteiger partial charge in [0.15, 0.2) is 0 Å². The van der Waals surface area contributed by atoms with Gasteiger partial charge in [0.1, 0.15) is 11.3 Å². The van der Waals surface area contributed by atoms with Crippen LogP contribution in [0.3, 0.4) is 0 Å². The topological polar surface area (TPSA) is 39.3 Å². The van der Waals surface area contributed by atoms with Crippen molar-refractivity contribution in [2.45, 2.75) is 52.0 Å². The van der Waals surface area contributed by atoms with Gasteiger partial charge in [-0.25, -0.2) is 0 Å². The summed E-state index contributed by atoms with van der Waals surface area (Å²) in [5.74, 6) is 0.932. The Morgan fingerprint density at radius 2 is 2.05 bits per heavy atom. The quantitative estimate of drug-likeness (QED) is 0.865. The monoisotopic (exact) mass is 277 g/mol. The van der Waals surface area contributed by atoms with E-state index < -0.39 is 5.95 Å². The second-order valence-corrected chi connectivity index (χ2v) is 6.10. The first-order valence-corrected chi connectivity index (χ1v) is 7.36. The summed E-state index contributed by atoms with van der Waals surface area (Å²) in [4.78, 5) is 12.6. The average Bonchev–Trinajstić information content (AvgIpc) is 3.02. The lowest BCUT2D eigenvalue weighted by Crippen LogP contribution is -2.30. The minimum Gasteiger partial charge on any atom is -0.293 e. The van der Waals surface area contributed by atoms with Crippen molar-refractivity contribution < 1.29 is 4.39 Å². The molecule has 1 aliphatic rings. The van der Waals surface area contributed by atoms with Crippen LogP contribution in [0.25, 0.3) is 5.52 Å². The summed E-state index contributed by atoms with van der Waals surface area (Å²) in [5.41, 5.74) is 0.199. The molecule has 0 saturated heterocycles. The van der Waals surface area contributed by atoms with Crippen LogP contribution in [-0.4, -0.2) is 14.2 Å². The van der Waals surface area contributed by atoms with Crippen molar-refractivity contribution in [1.29, 1.82) is 0 Å². The van der Waals surface area contributed by atoms with Crippen LogP contribution in [-0.2, 0) is 6.54 Å². The van der Waals surface area contributed by atoms with E-state index in [-0.39, 0.29) is 11.5 Å². The first kappa shape index (κ1) is 13.3. The Labute approximate surface area is 117 Å². The Morgan fingerprint density at radius 1 is 1.35 bits per heavy atom. The van der Waals surface area contributed by atoms with Gasteiger partial charge >= 0.3 is 0 Å². The third kappa shape index (κ3) is 2.15. The van der Waals surface area contributed by atoms with Crippen molar-refractivity contribution in [3.05, 3.63) is 34.3 Å². The molecule has 0 atom stereocenters. The summed E-state index contributed by atoms with van der Waals surface area (Å²) < 4.78 is 16.7. The lowest BCUT2D eigenvalue weighted by atomic mass is 10.1. The van der Waals surface area contributed by atoms with Gasteiger partial charge in [-0.05, 0) is 30.9 Å². The van der Waals surface area contributed by atoms with Gasteiger partial charge in [0.25, 0.3) is 5.56 Å². The van der Waals surface area contributed by atoms with Gasteiger partial charge in [0.2, 0.25) is 5.95 Å². The van der Waals surface area contributed by atoms with E-state index >= 15 is 0 Å². The SMILES string of the molecule is CC(C)Cn1c(C2CCCC2)nn2c(F)ccc2c1=O. The Hall–Kier alpha value is -1.65. The third-order valence-electron chi connectivity index (χ3n) is 4.02. The predicted octanol–water partition coefficient (Wildman–Crippen LogP) is 2.95. The number of rotatable bonds is 3. The van der Waals surface area contributed by atoms with E-state index in [4.69, 9.17) is 0 Å². The van der Waals surface area contributed by atoms with E-state index in [1.54, 1.807) is 4.57 Å². The Kier molecular flexibility index (Phi) is 3.36. The van der Waals surface area contributed by atoms with E-state index in [0.717, 1.165) is 36.0 Å². The highest BCUT2D eigenvalue weighted by molar-refractivity contribution is 5.44. The molecule has 1 aliphatic carbocycles. The lowest BCUT2D eigenvalue weighted by Gasteiger charge is -2.18. The van der Waals surface area contributed by atoms with Crippen LogP contribution in [0.15, 0.2) is 16.9 Å². The summed E-state index contributed by atoms with van der Waals surface area (Å²) in [6, 6.07) is 2.82. The number of aromatic nitrogens is 3. The van der Waals surface area contributed by atoms with E-state index in [0.29, 0.717) is 18.0 Å². The predicted molar refractivity (Wildman–Crippen MR) is 75.5 cm³/mol. The summed E-state index contributed by atoms with van der Waals surface area (Å²) in [6.07, 6.45) is 4.40. The first-order valence-electron chi connectivity index (χ1n) is 7.36. The van der Waals surface area contributed by atoms with Gasteiger partial charge in [-0.1, -0.05) is 26.7 Å². The molecule has 1 saturated carbocycles. The van der Waals surface area contributed by atoms with Crippen molar-refractivity contribution in [1.82, 2.24) is 14.2 Å². The molecule has 0 aromatic carbocycles. The normalized spacial score (nSPS) is 16.6. The molecule has 2 heterocycles. The molecular weight excluding hydrogens is 257 g/mol. The van der Waals surface area contributed by atoms with Crippen molar-refractivity contribution in [3.8, 4) is 0 Å². The highest BCUT2D eigenvalue weighted by Crippen LogP contribution is 2.32. The Bertz CT molecular complexity index is 680. The number of halogens is 1. The molecule has 0 amide bonds. The van der Waals surface area contributed by atoms with Crippen LogP contribution < -0.4 is 5.56 Å². The highest BCUT2D eigenvalue weighted by atomic mass is 19.1. The summed E-state index contributed by atoms with van der Waals surface area (Å²) in [6.45, 7) is 4.79. The molecule has 4 nitrogen and oxygen atoms in total. The zero-order chi connectivity index (χ0) is 14.3. The molecule has 5 heteroatoms. The van der Waals surface area contributed by atoms with E-state index in [9.17, 15) is 9.18 Å². The van der Waals surface area contributed by atoms with Gasteiger partial charge in [0, 0.05) is 12.5 Å². The maximum absolute atomic E-state index is 13.7. The fourth-order valence-corrected chi connectivity index (χ4v) is 3.09. The molecule has 0 aliphatic heterocycles. The van der Waals surface area contributed by atoms with Gasteiger partial charge < -0.3 is 0 Å². The van der Waals surface area contributed by atoms with Crippen molar-refractivity contribution in [2.75, 3.05) is 0 Å². The van der Waals surface area contributed by atoms with Gasteiger partial charge in [-0.2, -0.15) is 14.0 Å². The molecule has 0 bridgehead atoms. The van der Waals surface area contributed by atoms with Crippen LogP contribution in [0, 0.1) is 11.9 Å². The molecule has 0 N–H and O–H groups in total. The number of nitrogens with zero attached hydrogens (tertiary/aromatic N) is 3. The molecule has 2 aromatic heterocycles. The summed E-state index contributed by atoms with van der Waals surface area (Å²) >= 11 is 0. The minimum atomic E-state index is -0.465. The van der Waals surface area contributed by atoms with Gasteiger partial charge in [-0.3, -0.25) is 9.36 Å². The second kappa shape index (κ2) is 5.04. The van der Waals surface area contributed by atoms with E-state index in [2.05, 4.69) is 18.9 Å². The zero-order valence-electron chi connectivity index (χ0n) is 12.0. The third-order valence-corrected chi connectivity index (χ3v) is 4.02. The molecule has 0 unspecified atom stereocenters. The van der Waals surface area contributed by atoms with Gasteiger partial charge in [0.05, 0.1) is 0 Å². The average molecular weight is 277 g/mol. The number of hydrogen-bond donors (Lipinski definition) is 0. The zero-order valence-corrected chi connectivity index (χ0v) is 12.0. The molecule has 0 radical (unpaired) electrons. The Balaban J connectivity index is 2.22. The molecule has 0 spiro atoms. The minimum absolute atomic E-state index is 0.125. The van der Waals surface area contributed by atoms with Crippen LogP contribution in [0.1, 0.15) is 51.3 Å². The van der Waals surface area contributed by atoms with Gasteiger partial charge in [-0.15, -0.1) is 0 Å². The van der Waals surface area contributed by atoms with Crippen molar-refractivity contribution in [2.24, 2.45) is 5.92 Å². The second-order valence-electron chi connectivity index (χ2n) is 6.10. The number of fused-ring (bicyclic) bond motifs is 1. The lowest BCUT2D eigenvalue weighted by molar-refractivity contribution is 0.446. The number of hydrogen-bond acceptors (Lipinski definition) is 2. The van der Waals surface area contributed by atoms with Crippen LogP contribution in [0.4, 0.5) is 4.39 Å². The standard InChI is InChI=1S/C15H20FN3O/c1-10(2)9-18-14(11-5-3-4-6-11)17-19-12(15(18)20)7-8-13(19)16/h7-8,10-11H,3-6,9H2,1-2H3. The maximum atomic E-state index is 13.7. The maximum Gasteiger partial charge on any atom is 0.278 e. The van der Waals surface area contributed by atoms with Crippen LogP contribution in [0.2, 0.25) is 0 Å². The van der Waals surface area contributed by atoms with E-state index in [1.807, 2.05) is 0 Å². The van der Waals surface area contributed by atoms with Crippen molar-refractivity contribution in [3.63, 3.8) is 0 Å². The largest absolute Gasteiger partial charge is 0.293 e. The smallest absolute Gasteiger partial charge is 0.278 e. The molecule has 20 heavy (non-hydrogen) atoms. The fourth-order valence-electron chi connectivity index (χ4n) is 3.09. The van der Waals surface area contributed by atoms with Crippen LogP contribution >= 0.6 is 0 Å². The Morgan fingerprint density at radius 3 is 2.70 bits per heavy atom. The first-order chi connectivity index (χ1) is 9.58. The summed E-state index contributed by atoms with van der Waals surface area (Å²) in [5, 5.41) is 4.44. The molecule has 108 valence electrons. The van der Waals surface area contributed by atoms with Crippen LogP contribution in [0.5, 0.6) is 0 Å². The molecule has 1 fully saturated rings. The van der Waals surface area contributed by atoms with E-state index in [1.165, 1.54) is 12.1 Å². The molecule has 2 aromatic rings.